The molecule has 0 aliphatic carbocycles. The maximum Gasteiger partial charge on any atom is 0.227 e. The van der Waals surface area contributed by atoms with Crippen molar-refractivity contribution >= 4 is 88.3 Å². The van der Waals surface area contributed by atoms with Crippen molar-refractivity contribution < 1.29 is 48.3 Å². The Kier molecular flexibility index (Phi) is 16.8. The molecule has 562 valence electrons. The lowest BCUT2D eigenvalue weighted by Gasteiger charge is -2.11. The van der Waals surface area contributed by atoms with Gasteiger partial charge in [-0.1, -0.05) is 152 Å². The largest absolute Gasteiger partial charge is 0.437 e. The number of hydrogen-bond donors (Lipinski definition) is 0. The molecular formula is C103H90N8O4+4. The normalized spacial score (nSPS) is 12.9. The second-order valence-corrected chi connectivity index (χ2v) is 29.9. The van der Waals surface area contributed by atoms with E-state index in [1.807, 2.05) is 141 Å². The molecule has 20 aromatic rings. The van der Waals surface area contributed by atoms with Crippen LogP contribution in [0, 0.1) is 75.9 Å². The van der Waals surface area contributed by atoms with Gasteiger partial charge in [-0.2, -0.15) is 0 Å². The molecule has 0 saturated carbocycles. The van der Waals surface area contributed by atoms with E-state index in [1.165, 1.54) is 22.3 Å². The number of aromatic nitrogens is 8. The molecule has 0 N–H and O–H groups in total. The SMILES string of the molecule is Cc1ccc2c(n1)oc1c(-c3cc(C)c(-c4ccccc4)c[n+]3C)c(C)ccc12.[2H]C([2H])([2H])c1cc(C)c(-c2cc(C)c(-c3ccccc3)c[n+]2C)c2oc3ncccc3c12.[2H]C([2H])([2H])c1cc(C)c(-c2ccc(-c3ccccc3)c[n+]2C)c2oc3nc(C)ccc3c12.[2H]C([2H])([2H])c1cc(C)c(-c2ccc(-c3ccccc3)c[n+]2C)c2oc3ncccc3c12. The number of rotatable bonds is 8. The molecule has 0 aliphatic rings. The van der Waals surface area contributed by atoms with E-state index >= 15 is 0 Å². The van der Waals surface area contributed by atoms with Crippen molar-refractivity contribution in [3.05, 3.63) is 335 Å². The molecule has 0 saturated heterocycles. The van der Waals surface area contributed by atoms with Gasteiger partial charge in [0.15, 0.2) is 47.1 Å². The van der Waals surface area contributed by atoms with E-state index in [9.17, 15) is 0 Å². The lowest BCUT2D eigenvalue weighted by atomic mass is 9.95. The first-order valence-corrected chi connectivity index (χ1v) is 38.4. The number of fused-ring (bicyclic) bond motifs is 12. The number of benzene rings is 8. The zero-order valence-electron chi connectivity index (χ0n) is 75.2. The van der Waals surface area contributed by atoms with Crippen LogP contribution in [0.15, 0.2) is 291 Å². The third-order valence-corrected chi connectivity index (χ3v) is 21.9. The molecule has 0 unspecified atom stereocenters. The fourth-order valence-corrected chi connectivity index (χ4v) is 16.2. The van der Waals surface area contributed by atoms with Crippen molar-refractivity contribution in [2.45, 2.75) is 75.9 Å². The molecule has 0 radical (unpaired) electrons. The van der Waals surface area contributed by atoms with E-state index in [0.29, 0.717) is 77.8 Å². The quantitative estimate of drug-likeness (QED) is 0.138. The minimum Gasteiger partial charge on any atom is -0.437 e. The maximum absolute atomic E-state index is 8.11. The molecule has 12 aromatic heterocycles. The molecule has 12 heteroatoms. The van der Waals surface area contributed by atoms with Crippen molar-refractivity contribution in [2.24, 2.45) is 28.2 Å². The lowest BCUT2D eigenvalue weighted by Crippen LogP contribution is -2.31. The van der Waals surface area contributed by atoms with Crippen LogP contribution in [0.25, 0.3) is 178 Å². The van der Waals surface area contributed by atoms with E-state index in [-0.39, 0.29) is 0 Å². The van der Waals surface area contributed by atoms with Gasteiger partial charge in [-0.15, -0.1) is 0 Å². The molecule has 0 atom stereocenters. The van der Waals surface area contributed by atoms with Crippen molar-refractivity contribution in [2.75, 3.05) is 0 Å². The van der Waals surface area contributed by atoms with Crippen molar-refractivity contribution in [1.29, 1.82) is 0 Å². The Hall–Kier alpha value is -13.8. The molecule has 0 bridgehead atoms. The molecule has 0 fully saturated rings. The third-order valence-electron chi connectivity index (χ3n) is 21.9. The van der Waals surface area contributed by atoms with Crippen LogP contribution in [0.2, 0.25) is 0 Å². The van der Waals surface area contributed by atoms with Gasteiger partial charge in [0.05, 0.1) is 22.3 Å². The first-order valence-electron chi connectivity index (χ1n) is 42.9. The van der Waals surface area contributed by atoms with Gasteiger partial charge in [-0.3, -0.25) is 0 Å². The second-order valence-electron chi connectivity index (χ2n) is 29.9. The van der Waals surface area contributed by atoms with Crippen LogP contribution in [0.5, 0.6) is 0 Å². The van der Waals surface area contributed by atoms with Crippen molar-refractivity contribution in [3.63, 3.8) is 0 Å². The number of furan rings is 4. The summed E-state index contributed by atoms with van der Waals surface area (Å²) >= 11 is 0. The number of pyridine rings is 8. The summed E-state index contributed by atoms with van der Waals surface area (Å²) in [4.78, 5) is 17.8. The standard InChI is InChI=1S/3C26H23N2O.C25H21N2O/c1-16-14-22(28(4)15-21(16)19-9-6-5-7-10-19)24-18(3)13-17(2)23-20-11-8-12-27-26(20)29-25(23)24;1-16-14-17(2)24(25-23(16)21-12-10-18(3)27-26(21)29-25)22-13-11-20(15-28(22)4)19-8-6-5-7-9-19;1-16-10-12-20-21-13-11-18(3)27-26(21)29-25(20)24(16)23-14-17(2)22(15-28(23)4)19-8-6-5-7-9-19;1-16-14-17(2)23(24-22(16)20-10-7-13-26-25(20)28-24)21-12-11-19(15-27(21)3)18-8-5-4-6-9-18/h3*5-15H,1-4H3;4-15H,1-3H3/q4*+1/i2D3;1D3;;1D3. The Morgan fingerprint density at radius 1 is 0.261 bits per heavy atom. The number of nitrogens with zero attached hydrogens (tertiary/aromatic N) is 8. The van der Waals surface area contributed by atoms with Gasteiger partial charge in [-0.25, -0.2) is 38.2 Å². The Bertz CT molecular complexity index is 7580. The van der Waals surface area contributed by atoms with Crippen LogP contribution < -0.4 is 18.3 Å². The summed E-state index contributed by atoms with van der Waals surface area (Å²) in [5, 5.41) is 6.16. The van der Waals surface area contributed by atoms with Crippen molar-refractivity contribution in [1.82, 2.24) is 19.9 Å². The molecule has 0 aliphatic heterocycles. The second kappa shape index (κ2) is 30.3. The van der Waals surface area contributed by atoms with E-state index in [4.69, 9.17) is 30.0 Å². The highest BCUT2D eigenvalue weighted by molar-refractivity contribution is 6.13. The van der Waals surface area contributed by atoms with Crippen LogP contribution in [0.3, 0.4) is 0 Å². The van der Waals surface area contributed by atoms with Crippen LogP contribution in [-0.2, 0) is 28.2 Å². The molecule has 0 spiro atoms. The Balaban J connectivity index is 0.000000117. The average molecular weight is 1510 g/mol. The summed E-state index contributed by atoms with van der Waals surface area (Å²) in [6, 6.07) is 78.7. The van der Waals surface area contributed by atoms with E-state index in [2.05, 4.69) is 212 Å². The van der Waals surface area contributed by atoms with E-state index in [0.717, 1.165) is 139 Å². The summed E-state index contributed by atoms with van der Waals surface area (Å²) in [6.07, 6.45) is 11.8. The van der Waals surface area contributed by atoms with Crippen LogP contribution in [-0.4, -0.2) is 19.9 Å². The Morgan fingerprint density at radius 2 is 0.609 bits per heavy atom. The fraction of sp³-hybridized carbons (Fsp3) is 0.146. The summed E-state index contributed by atoms with van der Waals surface area (Å²) in [5.41, 5.74) is 30.4. The molecule has 8 aromatic carbocycles. The van der Waals surface area contributed by atoms with Gasteiger partial charge in [0.2, 0.25) is 45.6 Å². The summed E-state index contributed by atoms with van der Waals surface area (Å²) < 4.78 is 106. The predicted molar refractivity (Wildman–Crippen MR) is 466 cm³/mol. The number of hydrogen-bond acceptors (Lipinski definition) is 8. The Labute approximate surface area is 681 Å². The highest BCUT2D eigenvalue weighted by atomic mass is 16.4. The molecule has 20 rings (SSSR count). The lowest BCUT2D eigenvalue weighted by molar-refractivity contribution is -0.660. The molecule has 12 nitrogen and oxygen atoms in total. The van der Waals surface area contributed by atoms with Crippen LogP contribution >= 0.6 is 0 Å². The zero-order chi connectivity index (χ0) is 87.1. The zero-order valence-corrected chi connectivity index (χ0v) is 66.2. The summed E-state index contributed by atoms with van der Waals surface area (Å²) in [7, 11) is 8.09. The monoisotopic (exact) mass is 1510 g/mol. The summed E-state index contributed by atoms with van der Waals surface area (Å²) in [5.74, 6) is 0. The van der Waals surface area contributed by atoms with Gasteiger partial charge in [0.25, 0.3) is 0 Å². The average Bonchev–Trinajstić information content (AvgIpc) is 1.56. The number of aryl methyl sites for hydroxylation is 15. The minimum atomic E-state index is -2.26. The van der Waals surface area contributed by atoms with Crippen LogP contribution in [0.4, 0.5) is 0 Å². The highest BCUT2D eigenvalue weighted by Gasteiger charge is 2.29. The molecular weight excluding hydrogens is 1410 g/mol. The van der Waals surface area contributed by atoms with Gasteiger partial charge < -0.3 is 17.7 Å². The van der Waals surface area contributed by atoms with Gasteiger partial charge >= 0.3 is 0 Å². The molecule has 115 heavy (non-hydrogen) atoms. The topological polar surface area (TPSA) is 120 Å². The third kappa shape index (κ3) is 13.7. The maximum atomic E-state index is 8.11. The highest BCUT2D eigenvalue weighted by Crippen LogP contribution is 2.44. The van der Waals surface area contributed by atoms with E-state index in [1.54, 1.807) is 42.7 Å². The minimum absolute atomic E-state index is 0.291. The Morgan fingerprint density at radius 3 is 1.03 bits per heavy atom. The smallest absolute Gasteiger partial charge is 0.227 e. The molecule has 0 amide bonds. The summed E-state index contributed by atoms with van der Waals surface area (Å²) in [6.45, 7) is 9.30. The van der Waals surface area contributed by atoms with Crippen LogP contribution in [0.1, 0.15) is 73.8 Å². The predicted octanol–water partition coefficient (Wildman–Crippen LogP) is 24.0. The first-order chi connectivity index (χ1) is 59.4. The van der Waals surface area contributed by atoms with Gasteiger partial charge in [-0.05, 0) is 209 Å². The van der Waals surface area contributed by atoms with E-state index < -0.39 is 20.6 Å². The first kappa shape index (κ1) is 63.8. The van der Waals surface area contributed by atoms with Gasteiger partial charge in [0, 0.05) is 126 Å². The van der Waals surface area contributed by atoms with Gasteiger partial charge in [0.1, 0.15) is 28.2 Å². The molecule has 12 heterocycles. The van der Waals surface area contributed by atoms with Crippen molar-refractivity contribution in [3.8, 4) is 89.5 Å². The fourth-order valence-electron chi connectivity index (χ4n) is 16.2.